The summed E-state index contributed by atoms with van der Waals surface area (Å²) in [4.78, 5) is 10.9. The molecule has 2 N–H and O–H groups in total. The van der Waals surface area contributed by atoms with Crippen LogP contribution in [0.5, 0.6) is 0 Å². The Morgan fingerprint density at radius 1 is 1.06 bits per heavy atom. The van der Waals surface area contributed by atoms with Gasteiger partial charge in [-0.3, -0.25) is 4.79 Å². The van der Waals surface area contributed by atoms with Crippen LogP contribution >= 0.6 is 0 Å². The number of carboxylic acid groups (broad SMARTS) is 1. The number of carboxylic acids is 1. The Hall–Kier alpha value is -0.570. The first kappa shape index (κ1) is 12.9. The van der Waals surface area contributed by atoms with E-state index in [1.54, 1.807) is 0 Å². The fraction of sp³-hybridized carbons (Fsp3) is 0.929. The minimum atomic E-state index is -0.925. The molecule has 0 saturated heterocycles. The van der Waals surface area contributed by atoms with Crippen LogP contribution < -0.4 is 0 Å². The predicted octanol–water partition coefficient (Wildman–Crippen LogP) is 2.96. The van der Waals surface area contributed by atoms with Crippen molar-refractivity contribution in [2.45, 2.75) is 69.8 Å². The van der Waals surface area contributed by atoms with E-state index in [0.29, 0.717) is 12.3 Å². The van der Waals surface area contributed by atoms with Gasteiger partial charge < -0.3 is 10.2 Å². The Bertz CT molecular complexity index is 271. The van der Waals surface area contributed by atoms with Gasteiger partial charge in [0.15, 0.2) is 0 Å². The van der Waals surface area contributed by atoms with E-state index in [-0.39, 0.29) is 12.3 Å². The van der Waals surface area contributed by atoms with E-state index in [2.05, 4.69) is 0 Å². The molecule has 98 valence electrons. The lowest BCUT2D eigenvalue weighted by atomic mass is 9.64. The van der Waals surface area contributed by atoms with Gasteiger partial charge in [0.25, 0.3) is 0 Å². The Labute approximate surface area is 103 Å². The zero-order chi connectivity index (χ0) is 12.3. The Kier molecular flexibility index (Phi) is 4.08. The predicted molar refractivity (Wildman–Crippen MR) is 65.7 cm³/mol. The summed E-state index contributed by atoms with van der Waals surface area (Å²) in [7, 11) is 0. The van der Waals surface area contributed by atoms with Crippen molar-refractivity contribution in [1.82, 2.24) is 0 Å². The van der Waals surface area contributed by atoms with E-state index in [0.717, 1.165) is 19.3 Å². The van der Waals surface area contributed by atoms with Crippen LogP contribution in [0.1, 0.15) is 64.2 Å². The zero-order valence-corrected chi connectivity index (χ0v) is 10.5. The second kappa shape index (κ2) is 5.38. The van der Waals surface area contributed by atoms with Crippen LogP contribution in [0.15, 0.2) is 0 Å². The average molecular weight is 240 g/mol. The van der Waals surface area contributed by atoms with Crippen LogP contribution in [0, 0.1) is 11.8 Å². The van der Waals surface area contributed by atoms with Crippen LogP contribution in [0.4, 0.5) is 0 Å². The molecule has 17 heavy (non-hydrogen) atoms. The van der Waals surface area contributed by atoms with Crippen molar-refractivity contribution in [2.24, 2.45) is 11.8 Å². The molecule has 0 amide bonds. The molecule has 3 heteroatoms. The second-order valence-corrected chi connectivity index (χ2v) is 5.92. The molecule has 0 bridgehead atoms. The number of rotatable bonds is 3. The van der Waals surface area contributed by atoms with Crippen molar-refractivity contribution in [2.75, 3.05) is 0 Å². The number of carbonyl (C=O) groups is 1. The van der Waals surface area contributed by atoms with E-state index < -0.39 is 11.6 Å². The summed E-state index contributed by atoms with van der Waals surface area (Å²) in [5.74, 6) is -0.0590. The van der Waals surface area contributed by atoms with Gasteiger partial charge in [-0.2, -0.15) is 0 Å². The van der Waals surface area contributed by atoms with Gasteiger partial charge in [0.2, 0.25) is 0 Å². The Morgan fingerprint density at radius 3 is 2.35 bits per heavy atom. The lowest BCUT2D eigenvalue weighted by Crippen LogP contribution is -2.46. The SMILES string of the molecule is O=C(O)CC1(O)CCCCC1C1CCCCC1. The van der Waals surface area contributed by atoms with Gasteiger partial charge in [0, 0.05) is 0 Å². The van der Waals surface area contributed by atoms with Gasteiger partial charge in [-0.05, 0) is 24.7 Å². The van der Waals surface area contributed by atoms with Crippen molar-refractivity contribution < 1.29 is 15.0 Å². The third kappa shape index (κ3) is 3.01. The van der Waals surface area contributed by atoms with Gasteiger partial charge in [0.1, 0.15) is 0 Å². The van der Waals surface area contributed by atoms with E-state index in [9.17, 15) is 9.90 Å². The number of aliphatic hydroxyl groups is 1. The number of hydrogen-bond acceptors (Lipinski definition) is 2. The number of hydrogen-bond donors (Lipinski definition) is 2. The van der Waals surface area contributed by atoms with Crippen molar-refractivity contribution in [3.63, 3.8) is 0 Å². The number of aliphatic carboxylic acids is 1. The molecule has 2 unspecified atom stereocenters. The molecule has 0 aromatic heterocycles. The smallest absolute Gasteiger partial charge is 0.306 e. The highest BCUT2D eigenvalue weighted by Gasteiger charge is 2.44. The largest absolute Gasteiger partial charge is 0.481 e. The summed E-state index contributed by atoms with van der Waals surface area (Å²) in [5.41, 5.74) is -0.925. The molecule has 2 aliphatic carbocycles. The third-order valence-corrected chi connectivity index (χ3v) is 4.74. The highest BCUT2D eigenvalue weighted by Crippen LogP contribution is 2.45. The standard InChI is InChI=1S/C14H24O3/c15-13(16)10-14(17)9-5-4-8-12(14)11-6-2-1-3-7-11/h11-12,17H,1-10H2,(H,15,16). The Balaban J connectivity index is 2.07. The molecule has 3 nitrogen and oxygen atoms in total. The average Bonchev–Trinajstić information content (AvgIpc) is 2.29. The second-order valence-electron chi connectivity index (χ2n) is 5.92. The molecule has 0 aromatic carbocycles. The van der Waals surface area contributed by atoms with Crippen molar-refractivity contribution in [1.29, 1.82) is 0 Å². The molecule has 0 aromatic rings. The maximum atomic E-state index is 10.9. The summed E-state index contributed by atoms with van der Waals surface area (Å²) in [6.07, 6.45) is 9.97. The highest BCUT2D eigenvalue weighted by atomic mass is 16.4. The van der Waals surface area contributed by atoms with Crippen molar-refractivity contribution >= 4 is 5.97 Å². The lowest BCUT2D eigenvalue weighted by molar-refractivity contribution is -0.150. The first-order valence-electron chi connectivity index (χ1n) is 7.06. The van der Waals surface area contributed by atoms with E-state index in [4.69, 9.17) is 5.11 Å². The lowest BCUT2D eigenvalue weighted by Gasteiger charge is -2.44. The van der Waals surface area contributed by atoms with Crippen molar-refractivity contribution in [3.8, 4) is 0 Å². The molecular weight excluding hydrogens is 216 g/mol. The minimum absolute atomic E-state index is 0.0613. The van der Waals surface area contributed by atoms with Crippen LogP contribution in [0.2, 0.25) is 0 Å². The quantitative estimate of drug-likeness (QED) is 0.797. The van der Waals surface area contributed by atoms with Crippen LogP contribution in [-0.4, -0.2) is 21.8 Å². The minimum Gasteiger partial charge on any atom is -0.481 e. The van der Waals surface area contributed by atoms with Crippen LogP contribution in [0.3, 0.4) is 0 Å². The fourth-order valence-electron chi connectivity index (χ4n) is 3.94. The van der Waals surface area contributed by atoms with Gasteiger partial charge in [-0.15, -0.1) is 0 Å². The summed E-state index contributed by atoms with van der Waals surface area (Å²) in [6, 6.07) is 0. The molecule has 0 radical (unpaired) electrons. The Morgan fingerprint density at radius 2 is 1.71 bits per heavy atom. The molecule has 2 atom stereocenters. The first-order chi connectivity index (χ1) is 8.12. The summed E-state index contributed by atoms with van der Waals surface area (Å²) in [5, 5.41) is 19.7. The zero-order valence-electron chi connectivity index (χ0n) is 10.5. The molecule has 2 aliphatic rings. The molecule has 2 rings (SSSR count). The topological polar surface area (TPSA) is 57.5 Å². The van der Waals surface area contributed by atoms with Gasteiger partial charge in [-0.1, -0.05) is 44.9 Å². The van der Waals surface area contributed by atoms with E-state index >= 15 is 0 Å². The molecule has 2 fully saturated rings. The molecular formula is C14H24O3. The van der Waals surface area contributed by atoms with Crippen molar-refractivity contribution in [3.05, 3.63) is 0 Å². The van der Waals surface area contributed by atoms with E-state index in [1.807, 2.05) is 0 Å². The molecule has 0 aliphatic heterocycles. The van der Waals surface area contributed by atoms with Gasteiger partial charge >= 0.3 is 5.97 Å². The van der Waals surface area contributed by atoms with E-state index in [1.165, 1.54) is 32.1 Å². The van der Waals surface area contributed by atoms with Gasteiger partial charge in [-0.25, -0.2) is 0 Å². The normalized spacial score (nSPS) is 35.7. The monoisotopic (exact) mass is 240 g/mol. The van der Waals surface area contributed by atoms with Gasteiger partial charge in [0.05, 0.1) is 12.0 Å². The highest BCUT2D eigenvalue weighted by molar-refractivity contribution is 5.68. The van der Waals surface area contributed by atoms with Crippen LogP contribution in [0.25, 0.3) is 0 Å². The third-order valence-electron chi connectivity index (χ3n) is 4.74. The first-order valence-corrected chi connectivity index (χ1v) is 7.06. The maximum absolute atomic E-state index is 10.9. The maximum Gasteiger partial charge on any atom is 0.306 e. The fourth-order valence-corrected chi connectivity index (χ4v) is 3.94. The summed E-state index contributed by atoms with van der Waals surface area (Å²) in [6.45, 7) is 0. The summed E-state index contributed by atoms with van der Waals surface area (Å²) >= 11 is 0. The molecule has 2 saturated carbocycles. The van der Waals surface area contributed by atoms with Crippen LogP contribution in [-0.2, 0) is 4.79 Å². The molecule has 0 heterocycles. The molecule has 0 spiro atoms. The summed E-state index contributed by atoms with van der Waals surface area (Å²) < 4.78 is 0.